The first-order valence-corrected chi connectivity index (χ1v) is 5.73. The number of hydrogen-bond donors (Lipinski definition) is 2. The molecule has 0 aliphatic carbocycles. The zero-order valence-electron chi connectivity index (χ0n) is 9.99. The fourth-order valence-corrected chi connectivity index (χ4v) is 1.56. The van der Waals surface area contributed by atoms with Crippen LogP contribution in [0.15, 0.2) is 24.3 Å². The quantitative estimate of drug-likeness (QED) is 0.794. The normalized spacial score (nSPS) is 12.2. The Bertz CT molecular complexity index is 350. The second kappa shape index (κ2) is 6.28. The van der Waals surface area contributed by atoms with Gasteiger partial charge in [0.2, 0.25) is 5.91 Å². The fourth-order valence-electron chi connectivity index (χ4n) is 1.56. The molecular weight excluding hydrogens is 200 g/mol. The van der Waals surface area contributed by atoms with E-state index in [1.54, 1.807) is 0 Å². The van der Waals surface area contributed by atoms with Crippen molar-refractivity contribution in [2.24, 2.45) is 5.73 Å². The molecule has 1 aromatic rings. The number of hydrogen-bond acceptors (Lipinski definition) is 2. The predicted molar refractivity (Wildman–Crippen MR) is 65.9 cm³/mol. The van der Waals surface area contributed by atoms with E-state index in [1.165, 1.54) is 5.56 Å². The van der Waals surface area contributed by atoms with Crippen LogP contribution in [0.3, 0.4) is 0 Å². The summed E-state index contributed by atoms with van der Waals surface area (Å²) in [4.78, 5) is 11.6. The molecule has 1 unspecified atom stereocenters. The van der Waals surface area contributed by atoms with E-state index >= 15 is 0 Å². The summed E-state index contributed by atoms with van der Waals surface area (Å²) in [5.41, 5.74) is 8.04. The Hall–Kier alpha value is -1.35. The van der Waals surface area contributed by atoms with E-state index in [1.807, 2.05) is 38.1 Å². The van der Waals surface area contributed by atoms with Gasteiger partial charge in [0.25, 0.3) is 0 Å². The summed E-state index contributed by atoms with van der Waals surface area (Å²) >= 11 is 0. The first-order valence-electron chi connectivity index (χ1n) is 5.73. The van der Waals surface area contributed by atoms with E-state index in [0.717, 1.165) is 18.4 Å². The maximum Gasteiger partial charge on any atom is 0.237 e. The van der Waals surface area contributed by atoms with Crippen LogP contribution in [0, 0.1) is 6.92 Å². The van der Waals surface area contributed by atoms with Crippen LogP contribution in [0.4, 0.5) is 0 Å². The molecule has 0 aliphatic rings. The van der Waals surface area contributed by atoms with E-state index < -0.39 is 0 Å². The summed E-state index contributed by atoms with van der Waals surface area (Å²) in [6.07, 6.45) is 1.67. The van der Waals surface area contributed by atoms with Gasteiger partial charge in [-0.3, -0.25) is 4.79 Å². The molecule has 0 aliphatic heterocycles. The Morgan fingerprint density at radius 3 is 2.75 bits per heavy atom. The van der Waals surface area contributed by atoms with Crippen LogP contribution in [0.1, 0.15) is 30.9 Å². The third-order valence-electron chi connectivity index (χ3n) is 2.65. The van der Waals surface area contributed by atoms with Gasteiger partial charge in [-0.05, 0) is 24.5 Å². The molecular formula is C13H20N2O. The van der Waals surface area contributed by atoms with Crippen LogP contribution in [0.5, 0.6) is 0 Å². The lowest BCUT2D eigenvalue weighted by Crippen LogP contribution is -2.40. The van der Waals surface area contributed by atoms with Crippen molar-refractivity contribution in [3.8, 4) is 0 Å². The van der Waals surface area contributed by atoms with Gasteiger partial charge in [-0.2, -0.15) is 0 Å². The maximum absolute atomic E-state index is 11.6. The first kappa shape index (κ1) is 12.7. The molecule has 1 rings (SSSR count). The third-order valence-corrected chi connectivity index (χ3v) is 2.65. The topological polar surface area (TPSA) is 55.1 Å². The summed E-state index contributed by atoms with van der Waals surface area (Å²) in [5.74, 6) is -0.0647. The number of carbonyl (C=O) groups excluding carboxylic acids is 1. The molecule has 3 N–H and O–H groups in total. The molecule has 1 aromatic carbocycles. The lowest BCUT2D eigenvalue weighted by atomic mass is 10.1. The fraction of sp³-hybridized carbons (Fsp3) is 0.462. The summed E-state index contributed by atoms with van der Waals surface area (Å²) in [5, 5.41) is 2.86. The Balaban J connectivity index is 2.46. The number of benzene rings is 1. The van der Waals surface area contributed by atoms with E-state index in [2.05, 4.69) is 5.32 Å². The highest BCUT2D eigenvalue weighted by molar-refractivity contribution is 5.81. The van der Waals surface area contributed by atoms with Crippen LogP contribution in [-0.2, 0) is 11.3 Å². The Kier molecular flexibility index (Phi) is 4.99. The van der Waals surface area contributed by atoms with Gasteiger partial charge >= 0.3 is 0 Å². The number of aryl methyl sites for hydroxylation is 1. The standard InChI is InChI=1S/C13H20N2O/c1-3-6-12(14)13(16)15-9-11-8-5-4-7-10(11)2/h4-5,7-8,12H,3,6,9,14H2,1-2H3,(H,15,16). The molecule has 88 valence electrons. The zero-order valence-corrected chi connectivity index (χ0v) is 9.99. The lowest BCUT2D eigenvalue weighted by molar-refractivity contribution is -0.122. The summed E-state index contributed by atoms with van der Waals surface area (Å²) in [6, 6.07) is 7.63. The molecule has 1 amide bonds. The van der Waals surface area contributed by atoms with Crippen LogP contribution >= 0.6 is 0 Å². The second-order valence-electron chi connectivity index (χ2n) is 4.04. The smallest absolute Gasteiger partial charge is 0.237 e. The van der Waals surface area contributed by atoms with Crippen LogP contribution in [-0.4, -0.2) is 11.9 Å². The highest BCUT2D eigenvalue weighted by Gasteiger charge is 2.11. The van der Waals surface area contributed by atoms with Gasteiger partial charge in [-0.1, -0.05) is 37.6 Å². The van der Waals surface area contributed by atoms with E-state index in [4.69, 9.17) is 5.73 Å². The molecule has 0 heterocycles. The van der Waals surface area contributed by atoms with Crippen molar-refractivity contribution >= 4 is 5.91 Å². The molecule has 16 heavy (non-hydrogen) atoms. The molecule has 0 saturated heterocycles. The number of rotatable bonds is 5. The van der Waals surface area contributed by atoms with E-state index in [-0.39, 0.29) is 11.9 Å². The van der Waals surface area contributed by atoms with Crippen molar-refractivity contribution in [3.63, 3.8) is 0 Å². The molecule has 3 heteroatoms. The summed E-state index contributed by atoms with van der Waals surface area (Å²) in [6.45, 7) is 4.62. The lowest BCUT2D eigenvalue weighted by Gasteiger charge is -2.12. The van der Waals surface area contributed by atoms with E-state index in [9.17, 15) is 4.79 Å². The van der Waals surface area contributed by atoms with E-state index in [0.29, 0.717) is 6.54 Å². The van der Waals surface area contributed by atoms with Crippen LogP contribution in [0.25, 0.3) is 0 Å². The molecule has 0 radical (unpaired) electrons. The number of nitrogens with one attached hydrogen (secondary N) is 1. The average Bonchev–Trinajstić information content (AvgIpc) is 2.28. The Morgan fingerprint density at radius 1 is 1.44 bits per heavy atom. The van der Waals surface area contributed by atoms with Gasteiger partial charge < -0.3 is 11.1 Å². The van der Waals surface area contributed by atoms with Gasteiger partial charge in [0, 0.05) is 6.54 Å². The first-order chi connectivity index (χ1) is 7.65. The third kappa shape index (κ3) is 3.66. The predicted octanol–water partition coefficient (Wildman–Crippen LogP) is 1.74. The van der Waals surface area contributed by atoms with Crippen molar-refractivity contribution in [3.05, 3.63) is 35.4 Å². The van der Waals surface area contributed by atoms with Crippen molar-refractivity contribution in [1.82, 2.24) is 5.32 Å². The molecule has 0 aromatic heterocycles. The van der Waals surface area contributed by atoms with Crippen molar-refractivity contribution < 1.29 is 4.79 Å². The van der Waals surface area contributed by atoms with Crippen LogP contribution < -0.4 is 11.1 Å². The Morgan fingerprint density at radius 2 is 2.12 bits per heavy atom. The highest BCUT2D eigenvalue weighted by atomic mass is 16.2. The zero-order chi connectivity index (χ0) is 12.0. The minimum Gasteiger partial charge on any atom is -0.351 e. The SMILES string of the molecule is CCCC(N)C(=O)NCc1ccccc1C. The van der Waals surface area contributed by atoms with Gasteiger partial charge in [-0.15, -0.1) is 0 Å². The molecule has 0 bridgehead atoms. The monoisotopic (exact) mass is 220 g/mol. The summed E-state index contributed by atoms with van der Waals surface area (Å²) < 4.78 is 0. The van der Waals surface area contributed by atoms with Gasteiger partial charge in [0.1, 0.15) is 0 Å². The molecule has 1 atom stereocenters. The molecule has 3 nitrogen and oxygen atoms in total. The largest absolute Gasteiger partial charge is 0.351 e. The number of carbonyl (C=O) groups is 1. The van der Waals surface area contributed by atoms with Gasteiger partial charge in [-0.25, -0.2) is 0 Å². The maximum atomic E-state index is 11.6. The summed E-state index contributed by atoms with van der Waals surface area (Å²) in [7, 11) is 0. The van der Waals surface area contributed by atoms with Crippen LogP contribution in [0.2, 0.25) is 0 Å². The molecule has 0 spiro atoms. The van der Waals surface area contributed by atoms with Crippen molar-refractivity contribution in [2.75, 3.05) is 0 Å². The highest BCUT2D eigenvalue weighted by Crippen LogP contribution is 2.06. The minimum atomic E-state index is -0.381. The number of nitrogens with two attached hydrogens (primary N) is 1. The van der Waals surface area contributed by atoms with Gasteiger partial charge in [0.15, 0.2) is 0 Å². The van der Waals surface area contributed by atoms with Crippen molar-refractivity contribution in [2.45, 2.75) is 39.3 Å². The average molecular weight is 220 g/mol. The second-order valence-corrected chi connectivity index (χ2v) is 4.04. The van der Waals surface area contributed by atoms with Crippen molar-refractivity contribution in [1.29, 1.82) is 0 Å². The molecule has 0 fully saturated rings. The van der Waals surface area contributed by atoms with Gasteiger partial charge in [0.05, 0.1) is 6.04 Å². The number of amides is 1. The minimum absolute atomic E-state index is 0.0647. The Labute approximate surface area is 97.0 Å². The molecule has 0 saturated carbocycles.